The Labute approximate surface area is 68.0 Å². The van der Waals surface area contributed by atoms with Gasteiger partial charge >= 0.3 is 0 Å². The van der Waals surface area contributed by atoms with Gasteiger partial charge in [-0.25, -0.2) is 0 Å². The van der Waals surface area contributed by atoms with E-state index < -0.39 is 0 Å². The fraction of sp³-hybridized carbons (Fsp3) is 1.00. The number of hydrogen-bond acceptors (Lipinski definition) is 2. The van der Waals surface area contributed by atoms with Crippen LogP contribution < -0.4 is 5.32 Å². The number of hydrogen-bond donors (Lipinski definition) is 1. The van der Waals surface area contributed by atoms with Gasteiger partial charge in [0.05, 0.1) is 4.87 Å². The van der Waals surface area contributed by atoms with Gasteiger partial charge in [-0.15, -0.1) is 11.8 Å². The minimum Gasteiger partial charge on any atom is -0.303 e. The lowest BCUT2D eigenvalue weighted by atomic mass is 10.2. The first-order valence-electron chi connectivity index (χ1n) is 4.09. The summed E-state index contributed by atoms with van der Waals surface area (Å²) in [5, 5.41) is 4.38. The van der Waals surface area contributed by atoms with Crippen molar-refractivity contribution in [2.24, 2.45) is 0 Å². The molecule has 1 N–H and O–H groups in total. The van der Waals surface area contributed by atoms with E-state index in [2.05, 4.69) is 37.8 Å². The molecule has 1 fully saturated rings. The van der Waals surface area contributed by atoms with E-state index in [1.54, 1.807) is 0 Å². The summed E-state index contributed by atoms with van der Waals surface area (Å²) >= 11 is 2.08. The maximum Gasteiger partial charge on any atom is 0.0616 e. The molecule has 0 aliphatic carbocycles. The molecule has 10 heavy (non-hydrogen) atoms. The monoisotopic (exact) mass is 159 g/mol. The zero-order valence-electron chi connectivity index (χ0n) is 7.11. The molecule has 0 aromatic carbocycles. The van der Waals surface area contributed by atoms with Crippen LogP contribution in [0.4, 0.5) is 0 Å². The van der Waals surface area contributed by atoms with Crippen molar-refractivity contribution in [1.29, 1.82) is 0 Å². The Kier molecular flexibility index (Phi) is 2.64. The lowest BCUT2D eigenvalue weighted by Crippen LogP contribution is -2.44. The van der Waals surface area contributed by atoms with Gasteiger partial charge in [-0.05, 0) is 26.3 Å². The molecule has 0 aromatic heterocycles. The second kappa shape index (κ2) is 3.14. The van der Waals surface area contributed by atoms with Crippen molar-refractivity contribution >= 4 is 11.8 Å². The third-order valence-corrected chi connectivity index (χ3v) is 3.78. The van der Waals surface area contributed by atoms with Gasteiger partial charge in [0.15, 0.2) is 0 Å². The SMILES string of the molecule is CCC1(C)NCCC(C)S1. The molecule has 1 aliphatic rings. The van der Waals surface area contributed by atoms with E-state index in [-0.39, 0.29) is 0 Å². The highest BCUT2D eigenvalue weighted by Crippen LogP contribution is 2.33. The van der Waals surface area contributed by atoms with Crippen LogP contribution in [0.5, 0.6) is 0 Å². The van der Waals surface area contributed by atoms with Gasteiger partial charge in [0.25, 0.3) is 0 Å². The van der Waals surface area contributed by atoms with E-state index in [0.29, 0.717) is 4.87 Å². The normalized spacial score (nSPS) is 41.7. The van der Waals surface area contributed by atoms with Gasteiger partial charge < -0.3 is 5.32 Å². The van der Waals surface area contributed by atoms with Gasteiger partial charge in [0.2, 0.25) is 0 Å². The second-order valence-electron chi connectivity index (χ2n) is 3.23. The molecule has 2 heteroatoms. The van der Waals surface area contributed by atoms with Gasteiger partial charge in [0.1, 0.15) is 0 Å². The maximum atomic E-state index is 3.54. The van der Waals surface area contributed by atoms with Crippen molar-refractivity contribution in [1.82, 2.24) is 5.32 Å². The predicted octanol–water partition coefficient (Wildman–Crippen LogP) is 2.23. The van der Waals surface area contributed by atoms with Gasteiger partial charge in [-0.2, -0.15) is 0 Å². The summed E-state index contributed by atoms with van der Waals surface area (Å²) in [5.74, 6) is 0. The zero-order chi connectivity index (χ0) is 7.61. The topological polar surface area (TPSA) is 12.0 Å². The molecule has 0 radical (unpaired) electrons. The van der Waals surface area contributed by atoms with Crippen molar-refractivity contribution in [2.45, 2.75) is 43.7 Å². The molecule has 1 rings (SSSR count). The van der Waals surface area contributed by atoms with Crippen molar-refractivity contribution < 1.29 is 0 Å². The molecule has 1 heterocycles. The summed E-state index contributed by atoms with van der Waals surface area (Å²) in [6.07, 6.45) is 2.54. The highest BCUT2D eigenvalue weighted by Gasteiger charge is 2.28. The molecule has 60 valence electrons. The first-order chi connectivity index (χ1) is 4.66. The van der Waals surface area contributed by atoms with E-state index >= 15 is 0 Å². The summed E-state index contributed by atoms with van der Waals surface area (Å²) in [7, 11) is 0. The quantitative estimate of drug-likeness (QED) is 0.629. The predicted molar refractivity (Wildman–Crippen MR) is 48.4 cm³/mol. The molecular formula is C8H17NS. The van der Waals surface area contributed by atoms with Crippen molar-refractivity contribution in [3.05, 3.63) is 0 Å². The smallest absolute Gasteiger partial charge is 0.0616 e. The summed E-state index contributed by atoms with van der Waals surface area (Å²) in [4.78, 5) is 0.359. The molecule has 1 nitrogen and oxygen atoms in total. The number of nitrogens with one attached hydrogen (secondary N) is 1. The van der Waals surface area contributed by atoms with Crippen LogP contribution in [0.2, 0.25) is 0 Å². The van der Waals surface area contributed by atoms with Crippen LogP contribution in [0.1, 0.15) is 33.6 Å². The Morgan fingerprint density at radius 2 is 2.40 bits per heavy atom. The second-order valence-corrected chi connectivity index (χ2v) is 5.17. The highest BCUT2D eigenvalue weighted by molar-refractivity contribution is 8.01. The van der Waals surface area contributed by atoms with Crippen LogP contribution in [0.15, 0.2) is 0 Å². The molecule has 0 bridgehead atoms. The summed E-state index contributed by atoms with van der Waals surface area (Å²) in [5.41, 5.74) is 0. The first-order valence-corrected chi connectivity index (χ1v) is 4.97. The van der Waals surface area contributed by atoms with Gasteiger partial charge in [0, 0.05) is 5.25 Å². The molecule has 0 aromatic rings. The van der Waals surface area contributed by atoms with E-state index in [9.17, 15) is 0 Å². The minimum atomic E-state index is 0.359. The van der Waals surface area contributed by atoms with E-state index in [1.807, 2.05) is 0 Å². The summed E-state index contributed by atoms with van der Waals surface area (Å²) < 4.78 is 0. The molecule has 0 amide bonds. The fourth-order valence-electron chi connectivity index (χ4n) is 1.29. The molecule has 0 spiro atoms. The maximum absolute atomic E-state index is 3.54. The van der Waals surface area contributed by atoms with Crippen molar-refractivity contribution in [2.75, 3.05) is 6.54 Å². The number of rotatable bonds is 1. The summed E-state index contributed by atoms with van der Waals surface area (Å²) in [6, 6.07) is 0. The molecule has 2 unspecified atom stereocenters. The lowest BCUT2D eigenvalue weighted by molar-refractivity contribution is 0.458. The average molecular weight is 159 g/mol. The van der Waals surface area contributed by atoms with E-state index in [0.717, 1.165) is 5.25 Å². The van der Waals surface area contributed by atoms with Crippen LogP contribution >= 0.6 is 11.8 Å². The summed E-state index contributed by atoms with van der Waals surface area (Å²) in [6.45, 7) is 8.06. The largest absolute Gasteiger partial charge is 0.303 e. The zero-order valence-corrected chi connectivity index (χ0v) is 7.92. The minimum absolute atomic E-state index is 0.359. The lowest BCUT2D eigenvalue weighted by Gasteiger charge is -2.36. The Hall–Kier alpha value is 0.310. The Morgan fingerprint density at radius 3 is 2.80 bits per heavy atom. The van der Waals surface area contributed by atoms with Crippen LogP contribution in [-0.2, 0) is 0 Å². The molecule has 0 saturated carbocycles. The molecule has 1 aliphatic heterocycles. The Balaban J connectivity index is 2.45. The highest BCUT2D eigenvalue weighted by atomic mass is 32.2. The third kappa shape index (κ3) is 1.89. The third-order valence-electron chi connectivity index (χ3n) is 2.19. The van der Waals surface area contributed by atoms with Crippen LogP contribution in [0.25, 0.3) is 0 Å². The molecule has 2 atom stereocenters. The van der Waals surface area contributed by atoms with E-state index in [1.165, 1.54) is 19.4 Å². The Bertz CT molecular complexity index is 116. The van der Waals surface area contributed by atoms with Crippen molar-refractivity contribution in [3.63, 3.8) is 0 Å². The fourth-order valence-corrected chi connectivity index (χ4v) is 2.77. The Morgan fingerprint density at radius 1 is 1.70 bits per heavy atom. The van der Waals surface area contributed by atoms with Crippen LogP contribution in [-0.4, -0.2) is 16.7 Å². The van der Waals surface area contributed by atoms with Crippen molar-refractivity contribution in [3.8, 4) is 0 Å². The van der Waals surface area contributed by atoms with E-state index in [4.69, 9.17) is 0 Å². The number of thioether (sulfide) groups is 1. The van der Waals surface area contributed by atoms with Crippen LogP contribution in [0, 0.1) is 0 Å². The average Bonchev–Trinajstić information content (AvgIpc) is 1.88. The standard InChI is InChI=1S/C8H17NS/c1-4-8(3)9-6-5-7(2)10-8/h7,9H,4-6H2,1-3H3. The van der Waals surface area contributed by atoms with Crippen LogP contribution in [0.3, 0.4) is 0 Å². The molecule has 1 saturated heterocycles. The molecular weight excluding hydrogens is 142 g/mol. The first kappa shape index (κ1) is 8.41. The van der Waals surface area contributed by atoms with Gasteiger partial charge in [-0.1, -0.05) is 13.8 Å². The van der Waals surface area contributed by atoms with Gasteiger partial charge in [-0.3, -0.25) is 0 Å².